The van der Waals surface area contributed by atoms with Gasteiger partial charge in [0.05, 0.1) is 18.2 Å². The van der Waals surface area contributed by atoms with Crippen LogP contribution in [0, 0.1) is 0 Å². The van der Waals surface area contributed by atoms with Crippen molar-refractivity contribution < 1.29 is 9.90 Å². The van der Waals surface area contributed by atoms with E-state index in [-0.39, 0.29) is 6.61 Å². The van der Waals surface area contributed by atoms with E-state index in [0.29, 0.717) is 18.4 Å². The zero-order chi connectivity index (χ0) is 15.3. The van der Waals surface area contributed by atoms with E-state index >= 15 is 0 Å². The minimum atomic E-state index is -0.629. The van der Waals surface area contributed by atoms with Crippen LogP contribution in [0.5, 0.6) is 0 Å². The summed E-state index contributed by atoms with van der Waals surface area (Å²) in [6.45, 7) is 3.59. The van der Waals surface area contributed by atoms with Gasteiger partial charge in [-0.25, -0.2) is 14.5 Å². The molecular weight excluding hydrogens is 270 g/mol. The van der Waals surface area contributed by atoms with Gasteiger partial charge in [0.2, 0.25) is 5.95 Å². The van der Waals surface area contributed by atoms with Gasteiger partial charge < -0.3 is 10.4 Å². The number of urea groups is 1. The van der Waals surface area contributed by atoms with Crippen molar-refractivity contribution in [3.05, 3.63) is 6.33 Å². The quantitative estimate of drug-likeness (QED) is 0.775. The number of aromatic nitrogens is 3. The summed E-state index contributed by atoms with van der Waals surface area (Å²) in [7, 11) is 0. The van der Waals surface area contributed by atoms with Crippen LogP contribution in [0.2, 0.25) is 0 Å². The first-order chi connectivity index (χ1) is 10.1. The van der Waals surface area contributed by atoms with Crippen LogP contribution in [0.25, 0.3) is 0 Å². The van der Waals surface area contributed by atoms with Gasteiger partial charge in [0, 0.05) is 0 Å². The SMILES string of the molecule is CC[C@](C)(CO)NC(=O)Nc1ncn(C2CCCCC2)n1. The minimum Gasteiger partial charge on any atom is -0.394 e. The summed E-state index contributed by atoms with van der Waals surface area (Å²) in [6, 6.07) is -0.00185. The van der Waals surface area contributed by atoms with Gasteiger partial charge >= 0.3 is 6.03 Å². The van der Waals surface area contributed by atoms with Gasteiger partial charge in [-0.05, 0) is 26.2 Å². The van der Waals surface area contributed by atoms with E-state index in [0.717, 1.165) is 12.8 Å². The van der Waals surface area contributed by atoms with E-state index in [2.05, 4.69) is 20.7 Å². The van der Waals surface area contributed by atoms with Crippen LogP contribution >= 0.6 is 0 Å². The Labute approximate surface area is 125 Å². The van der Waals surface area contributed by atoms with Gasteiger partial charge in [-0.15, -0.1) is 5.10 Å². The molecule has 7 heteroatoms. The molecular formula is C14H25N5O2. The van der Waals surface area contributed by atoms with Crippen LogP contribution in [0.1, 0.15) is 58.4 Å². The Hall–Kier alpha value is -1.63. The minimum absolute atomic E-state index is 0.110. The van der Waals surface area contributed by atoms with Crippen LogP contribution in [0.4, 0.5) is 10.7 Å². The molecule has 0 unspecified atom stereocenters. The van der Waals surface area contributed by atoms with Crippen molar-refractivity contribution in [2.45, 2.75) is 64.0 Å². The lowest BCUT2D eigenvalue weighted by Crippen LogP contribution is -2.50. The number of anilines is 1. The van der Waals surface area contributed by atoms with E-state index in [1.807, 2.05) is 11.6 Å². The lowest BCUT2D eigenvalue weighted by molar-refractivity contribution is 0.172. The van der Waals surface area contributed by atoms with Crippen molar-refractivity contribution in [2.75, 3.05) is 11.9 Å². The number of amides is 2. The van der Waals surface area contributed by atoms with E-state index in [1.54, 1.807) is 13.3 Å². The maximum atomic E-state index is 11.9. The summed E-state index contributed by atoms with van der Waals surface area (Å²) in [4.78, 5) is 16.0. The van der Waals surface area contributed by atoms with E-state index < -0.39 is 11.6 Å². The summed E-state index contributed by atoms with van der Waals surface area (Å²) >= 11 is 0. The Kier molecular flexibility index (Phi) is 5.17. The maximum absolute atomic E-state index is 11.9. The van der Waals surface area contributed by atoms with E-state index in [1.165, 1.54) is 19.3 Å². The number of rotatable bonds is 5. The number of aliphatic hydroxyl groups is 1. The van der Waals surface area contributed by atoms with Crippen molar-refractivity contribution >= 4 is 12.0 Å². The highest BCUT2D eigenvalue weighted by Gasteiger charge is 2.24. The van der Waals surface area contributed by atoms with Crippen molar-refractivity contribution in [1.82, 2.24) is 20.1 Å². The Balaban J connectivity index is 1.91. The highest BCUT2D eigenvalue weighted by atomic mass is 16.3. The van der Waals surface area contributed by atoms with Crippen LogP contribution in [0.3, 0.4) is 0 Å². The summed E-state index contributed by atoms with van der Waals surface area (Å²) in [6.07, 6.45) is 8.28. The molecule has 2 rings (SSSR count). The Morgan fingerprint density at radius 1 is 1.48 bits per heavy atom. The van der Waals surface area contributed by atoms with Crippen LogP contribution in [-0.4, -0.2) is 38.0 Å². The van der Waals surface area contributed by atoms with Gasteiger partial charge in [-0.2, -0.15) is 0 Å². The molecule has 0 aliphatic heterocycles. The molecule has 1 heterocycles. The number of carbonyl (C=O) groups is 1. The Morgan fingerprint density at radius 3 is 2.81 bits per heavy atom. The Morgan fingerprint density at radius 2 is 2.19 bits per heavy atom. The van der Waals surface area contributed by atoms with E-state index in [4.69, 9.17) is 0 Å². The van der Waals surface area contributed by atoms with Gasteiger partial charge in [-0.1, -0.05) is 26.2 Å². The second kappa shape index (κ2) is 6.89. The largest absolute Gasteiger partial charge is 0.394 e. The standard InChI is InChI=1S/C14H25N5O2/c1-3-14(2,9-20)17-13(21)16-12-15-10-19(18-12)11-7-5-4-6-8-11/h10-11,20H,3-9H2,1-2H3,(H2,16,17,18,21)/t14-/m1/s1. The molecule has 0 saturated heterocycles. The smallest absolute Gasteiger partial charge is 0.322 e. The molecule has 1 aliphatic rings. The predicted octanol–water partition coefficient (Wildman–Crippen LogP) is 2.07. The van der Waals surface area contributed by atoms with Crippen molar-refractivity contribution in [3.63, 3.8) is 0 Å². The van der Waals surface area contributed by atoms with Crippen molar-refractivity contribution in [1.29, 1.82) is 0 Å². The van der Waals surface area contributed by atoms with Gasteiger partial charge in [0.15, 0.2) is 0 Å². The molecule has 1 saturated carbocycles. The predicted molar refractivity (Wildman–Crippen MR) is 80.1 cm³/mol. The third-order valence-electron chi connectivity index (χ3n) is 4.23. The zero-order valence-electron chi connectivity index (χ0n) is 12.8. The Bertz CT molecular complexity index is 464. The van der Waals surface area contributed by atoms with Gasteiger partial charge in [-0.3, -0.25) is 5.32 Å². The van der Waals surface area contributed by atoms with Gasteiger partial charge in [0.25, 0.3) is 0 Å². The molecule has 1 fully saturated rings. The molecule has 0 aromatic carbocycles. The fourth-order valence-electron chi connectivity index (χ4n) is 2.50. The molecule has 1 aliphatic carbocycles. The number of hydrogen-bond acceptors (Lipinski definition) is 4. The summed E-state index contributed by atoms with van der Waals surface area (Å²) in [5.41, 5.74) is -0.629. The molecule has 1 aromatic rings. The first-order valence-corrected chi connectivity index (χ1v) is 7.67. The normalized spacial score (nSPS) is 19.0. The number of hydrogen-bond donors (Lipinski definition) is 3. The van der Waals surface area contributed by atoms with E-state index in [9.17, 15) is 9.90 Å². The lowest BCUT2D eigenvalue weighted by Gasteiger charge is -2.26. The zero-order valence-corrected chi connectivity index (χ0v) is 12.8. The second-order valence-electron chi connectivity index (χ2n) is 5.99. The first-order valence-electron chi connectivity index (χ1n) is 7.67. The highest BCUT2D eigenvalue weighted by molar-refractivity contribution is 5.87. The molecule has 0 spiro atoms. The molecule has 3 N–H and O–H groups in total. The molecule has 1 aromatic heterocycles. The average Bonchev–Trinajstić information content (AvgIpc) is 2.96. The number of nitrogens with one attached hydrogen (secondary N) is 2. The summed E-state index contributed by atoms with van der Waals surface area (Å²) < 4.78 is 1.85. The molecule has 1 atom stereocenters. The topological polar surface area (TPSA) is 92.1 Å². The van der Waals surface area contributed by atoms with Gasteiger partial charge in [0.1, 0.15) is 6.33 Å². The summed E-state index contributed by atoms with van der Waals surface area (Å²) in [5.74, 6) is 0.300. The number of aliphatic hydroxyl groups excluding tert-OH is 1. The van der Waals surface area contributed by atoms with Crippen molar-refractivity contribution in [3.8, 4) is 0 Å². The van der Waals surface area contributed by atoms with Crippen LogP contribution in [0.15, 0.2) is 6.33 Å². The maximum Gasteiger partial charge on any atom is 0.322 e. The average molecular weight is 295 g/mol. The lowest BCUT2D eigenvalue weighted by atomic mass is 9.96. The molecule has 7 nitrogen and oxygen atoms in total. The highest BCUT2D eigenvalue weighted by Crippen LogP contribution is 2.27. The molecule has 21 heavy (non-hydrogen) atoms. The third-order valence-corrected chi connectivity index (χ3v) is 4.23. The van der Waals surface area contributed by atoms with Crippen molar-refractivity contribution in [2.24, 2.45) is 0 Å². The van der Waals surface area contributed by atoms with Crippen LogP contribution < -0.4 is 10.6 Å². The number of nitrogens with zero attached hydrogens (tertiary/aromatic N) is 3. The third kappa shape index (κ3) is 4.17. The molecule has 0 radical (unpaired) electrons. The van der Waals surface area contributed by atoms with Crippen LogP contribution in [-0.2, 0) is 0 Å². The first kappa shape index (κ1) is 15.8. The molecule has 118 valence electrons. The molecule has 0 bridgehead atoms. The fourth-order valence-corrected chi connectivity index (χ4v) is 2.50. The fraction of sp³-hybridized carbons (Fsp3) is 0.786. The second-order valence-corrected chi connectivity index (χ2v) is 5.99. The monoisotopic (exact) mass is 295 g/mol. The molecule has 2 amide bonds. The summed E-state index contributed by atoms with van der Waals surface area (Å²) in [5, 5.41) is 19.0. The number of carbonyl (C=O) groups excluding carboxylic acids is 1.